The summed E-state index contributed by atoms with van der Waals surface area (Å²) >= 11 is 0. The lowest BCUT2D eigenvalue weighted by atomic mass is 9.96. The molecule has 26 heavy (non-hydrogen) atoms. The van der Waals surface area contributed by atoms with Crippen molar-refractivity contribution >= 4 is 17.3 Å². The number of para-hydroxylation sites is 1. The van der Waals surface area contributed by atoms with Crippen molar-refractivity contribution in [3.63, 3.8) is 0 Å². The van der Waals surface area contributed by atoms with Gasteiger partial charge in [0.2, 0.25) is 0 Å². The maximum atomic E-state index is 12.8. The molecule has 1 amide bonds. The minimum absolute atomic E-state index is 0.219. The maximum absolute atomic E-state index is 12.8. The van der Waals surface area contributed by atoms with Gasteiger partial charge in [-0.25, -0.2) is 0 Å². The van der Waals surface area contributed by atoms with Crippen molar-refractivity contribution in [3.8, 4) is 11.1 Å². The van der Waals surface area contributed by atoms with Crippen molar-refractivity contribution in [2.24, 2.45) is 0 Å². The highest BCUT2D eigenvalue weighted by molar-refractivity contribution is 6.12. The lowest BCUT2D eigenvalue weighted by Crippen LogP contribution is -2.15. The number of anilines is 2. The summed E-state index contributed by atoms with van der Waals surface area (Å²) in [5.74, 6) is -0.427. The number of nitrogens with one attached hydrogen (secondary N) is 1. The standard InChI is InChI=1S/C20H15F3N2O/c21-20(22,23)14-11-9-13(10-12-14)16-7-4-8-17(24)18(16)19(26)25-15-5-2-1-3-6-15/h1-12H,24H2,(H,25,26). The molecule has 0 aromatic heterocycles. The highest BCUT2D eigenvalue weighted by atomic mass is 19.4. The molecule has 0 saturated heterocycles. The summed E-state index contributed by atoms with van der Waals surface area (Å²) in [5.41, 5.74) is 7.22. The molecule has 0 unspecified atom stereocenters. The summed E-state index contributed by atoms with van der Waals surface area (Å²) in [4.78, 5) is 12.7. The normalized spacial score (nSPS) is 11.2. The van der Waals surface area contributed by atoms with Gasteiger partial charge in [0.15, 0.2) is 0 Å². The van der Waals surface area contributed by atoms with Crippen LogP contribution >= 0.6 is 0 Å². The summed E-state index contributed by atoms with van der Waals surface area (Å²) in [6, 6.07) is 18.3. The number of amides is 1. The number of benzene rings is 3. The Morgan fingerprint density at radius 1 is 0.846 bits per heavy atom. The van der Waals surface area contributed by atoms with Crippen LogP contribution in [0, 0.1) is 0 Å². The van der Waals surface area contributed by atoms with E-state index in [-0.39, 0.29) is 11.3 Å². The molecule has 3 aromatic rings. The Morgan fingerprint density at radius 2 is 1.50 bits per heavy atom. The molecule has 0 aliphatic heterocycles. The summed E-state index contributed by atoms with van der Waals surface area (Å²) in [5, 5.41) is 2.75. The average Bonchev–Trinajstić information content (AvgIpc) is 2.61. The van der Waals surface area contributed by atoms with Gasteiger partial charge in [-0.15, -0.1) is 0 Å². The van der Waals surface area contributed by atoms with Crippen LogP contribution in [-0.2, 0) is 6.18 Å². The lowest BCUT2D eigenvalue weighted by Gasteiger charge is -2.14. The van der Waals surface area contributed by atoms with Crippen molar-refractivity contribution in [3.05, 3.63) is 83.9 Å². The van der Waals surface area contributed by atoms with Crippen LogP contribution in [-0.4, -0.2) is 5.91 Å². The van der Waals surface area contributed by atoms with Gasteiger partial charge in [0.05, 0.1) is 11.1 Å². The highest BCUT2D eigenvalue weighted by Gasteiger charge is 2.30. The molecule has 3 rings (SSSR count). The average molecular weight is 356 g/mol. The Labute approximate surface area is 148 Å². The Morgan fingerprint density at radius 3 is 2.12 bits per heavy atom. The van der Waals surface area contributed by atoms with Gasteiger partial charge in [0.25, 0.3) is 5.91 Å². The Kier molecular flexibility index (Phi) is 4.67. The third-order valence-electron chi connectivity index (χ3n) is 3.88. The van der Waals surface area contributed by atoms with Crippen LogP contribution in [0.4, 0.5) is 24.5 Å². The summed E-state index contributed by atoms with van der Waals surface area (Å²) < 4.78 is 38.3. The second-order valence-electron chi connectivity index (χ2n) is 5.67. The first-order valence-electron chi connectivity index (χ1n) is 7.79. The zero-order chi connectivity index (χ0) is 18.7. The predicted octanol–water partition coefficient (Wildman–Crippen LogP) is 5.21. The topological polar surface area (TPSA) is 55.1 Å². The fraction of sp³-hybridized carbons (Fsp3) is 0.0500. The van der Waals surface area contributed by atoms with Crippen LogP contribution in [0.3, 0.4) is 0 Å². The van der Waals surface area contributed by atoms with Crippen molar-refractivity contribution in [1.29, 1.82) is 0 Å². The molecule has 0 aliphatic rings. The van der Waals surface area contributed by atoms with Crippen LogP contribution in [0.2, 0.25) is 0 Å². The molecule has 0 atom stereocenters. The van der Waals surface area contributed by atoms with E-state index < -0.39 is 17.6 Å². The molecule has 0 heterocycles. The predicted molar refractivity (Wildman–Crippen MR) is 95.7 cm³/mol. The number of nitrogen functional groups attached to an aromatic ring is 1. The van der Waals surface area contributed by atoms with E-state index in [1.807, 2.05) is 6.07 Å². The van der Waals surface area contributed by atoms with E-state index in [4.69, 9.17) is 5.73 Å². The molecular weight excluding hydrogens is 341 g/mol. The molecule has 6 heteroatoms. The first-order chi connectivity index (χ1) is 12.4. The van der Waals surface area contributed by atoms with Crippen molar-refractivity contribution < 1.29 is 18.0 Å². The van der Waals surface area contributed by atoms with Gasteiger partial charge in [-0.2, -0.15) is 13.2 Å². The van der Waals surface area contributed by atoms with E-state index in [1.54, 1.807) is 42.5 Å². The van der Waals surface area contributed by atoms with Gasteiger partial charge < -0.3 is 11.1 Å². The van der Waals surface area contributed by atoms with Gasteiger partial charge >= 0.3 is 6.18 Å². The third-order valence-corrected chi connectivity index (χ3v) is 3.88. The van der Waals surface area contributed by atoms with Crippen LogP contribution < -0.4 is 11.1 Å². The zero-order valence-electron chi connectivity index (χ0n) is 13.5. The Balaban J connectivity index is 1.99. The zero-order valence-corrected chi connectivity index (χ0v) is 13.5. The van der Waals surface area contributed by atoms with E-state index in [0.717, 1.165) is 12.1 Å². The smallest absolute Gasteiger partial charge is 0.398 e. The fourth-order valence-corrected chi connectivity index (χ4v) is 2.62. The van der Waals surface area contributed by atoms with Crippen molar-refractivity contribution in [2.45, 2.75) is 6.18 Å². The Hall–Kier alpha value is -3.28. The second-order valence-corrected chi connectivity index (χ2v) is 5.67. The molecule has 3 N–H and O–H groups in total. The molecule has 0 saturated carbocycles. The lowest BCUT2D eigenvalue weighted by molar-refractivity contribution is -0.137. The summed E-state index contributed by atoms with van der Waals surface area (Å²) in [6.45, 7) is 0. The first-order valence-corrected chi connectivity index (χ1v) is 7.79. The number of hydrogen-bond donors (Lipinski definition) is 2. The minimum atomic E-state index is -4.41. The van der Waals surface area contributed by atoms with Crippen LogP contribution in [0.25, 0.3) is 11.1 Å². The first kappa shape index (κ1) is 17.5. The molecule has 3 nitrogen and oxygen atoms in total. The molecule has 0 fully saturated rings. The van der Waals surface area contributed by atoms with Crippen LogP contribution in [0.15, 0.2) is 72.8 Å². The SMILES string of the molecule is Nc1cccc(-c2ccc(C(F)(F)F)cc2)c1C(=O)Nc1ccccc1. The molecule has 0 radical (unpaired) electrons. The number of carbonyl (C=O) groups excluding carboxylic acids is 1. The van der Waals surface area contributed by atoms with E-state index in [9.17, 15) is 18.0 Å². The van der Waals surface area contributed by atoms with E-state index in [1.165, 1.54) is 12.1 Å². The second kappa shape index (κ2) is 6.92. The number of halogens is 3. The van der Waals surface area contributed by atoms with E-state index in [0.29, 0.717) is 16.8 Å². The number of alkyl halides is 3. The van der Waals surface area contributed by atoms with E-state index >= 15 is 0 Å². The molecular formula is C20H15F3N2O. The largest absolute Gasteiger partial charge is 0.416 e. The van der Waals surface area contributed by atoms with Crippen molar-refractivity contribution in [1.82, 2.24) is 0 Å². The van der Waals surface area contributed by atoms with Gasteiger partial charge in [-0.3, -0.25) is 4.79 Å². The summed E-state index contributed by atoms with van der Waals surface area (Å²) in [6.07, 6.45) is -4.41. The van der Waals surface area contributed by atoms with E-state index in [2.05, 4.69) is 5.32 Å². The van der Waals surface area contributed by atoms with Gasteiger partial charge in [0, 0.05) is 11.4 Å². The monoisotopic (exact) mass is 356 g/mol. The molecule has 132 valence electrons. The van der Waals surface area contributed by atoms with Gasteiger partial charge in [-0.1, -0.05) is 42.5 Å². The highest BCUT2D eigenvalue weighted by Crippen LogP contribution is 2.33. The van der Waals surface area contributed by atoms with Gasteiger partial charge in [0.1, 0.15) is 0 Å². The fourth-order valence-electron chi connectivity index (χ4n) is 2.62. The molecule has 3 aromatic carbocycles. The molecule has 0 spiro atoms. The maximum Gasteiger partial charge on any atom is 0.416 e. The quantitative estimate of drug-likeness (QED) is 0.633. The number of carbonyl (C=O) groups is 1. The minimum Gasteiger partial charge on any atom is -0.398 e. The third kappa shape index (κ3) is 3.69. The Bertz CT molecular complexity index is 920. The van der Waals surface area contributed by atoms with Crippen molar-refractivity contribution in [2.75, 3.05) is 11.1 Å². The van der Waals surface area contributed by atoms with Crippen LogP contribution in [0.1, 0.15) is 15.9 Å². The molecule has 0 aliphatic carbocycles. The molecule has 0 bridgehead atoms. The van der Waals surface area contributed by atoms with Crippen LogP contribution in [0.5, 0.6) is 0 Å². The summed E-state index contributed by atoms with van der Waals surface area (Å²) in [7, 11) is 0. The van der Waals surface area contributed by atoms with Gasteiger partial charge in [-0.05, 0) is 41.5 Å². The number of rotatable bonds is 3. The number of hydrogen-bond acceptors (Lipinski definition) is 2. The number of nitrogens with two attached hydrogens (primary N) is 1.